The summed E-state index contributed by atoms with van der Waals surface area (Å²) in [5.74, 6) is -0.201. The van der Waals surface area contributed by atoms with Gasteiger partial charge in [-0.2, -0.15) is 0 Å². The summed E-state index contributed by atoms with van der Waals surface area (Å²) in [6.07, 6.45) is 0. The van der Waals surface area contributed by atoms with E-state index in [1.54, 1.807) is 0 Å². The lowest BCUT2D eigenvalue weighted by Crippen LogP contribution is -2.44. The number of nitrogens with zero attached hydrogens (tertiary/aromatic N) is 2. The van der Waals surface area contributed by atoms with Crippen molar-refractivity contribution in [3.63, 3.8) is 0 Å². The molecule has 0 amide bonds. The van der Waals surface area contributed by atoms with Crippen LogP contribution in [0, 0.1) is 5.82 Å². The van der Waals surface area contributed by atoms with Crippen LogP contribution in [-0.2, 0) is 0 Å². The maximum atomic E-state index is 13.1. The molecule has 0 radical (unpaired) electrons. The van der Waals surface area contributed by atoms with Gasteiger partial charge in [-0.05, 0) is 41.2 Å². The van der Waals surface area contributed by atoms with Gasteiger partial charge in [-0.15, -0.1) is 0 Å². The Hall–Kier alpha value is -0.610. The quantitative estimate of drug-likeness (QED) is 0.775. The van der Waals surface area contributed by atoms with E-state index in [1.807, 2.05) is 12.1 Å². The third kappa shape index (κ3) is 2.49. The van der Waals surface area contributed by atoms with E-state index in [9.17, 15) is 4.39 Å². The lowest BCUT2D eigenvalue weighted by molar-refractivity contribution is 0.313. The van der Waals surface area contributed by atoms with Crippen molar-refractivity contribution < 1.29 is 4.39 Å². The number of likely N-dealkylation sites (N-methyl/N-ethyl adjacent to an activating group) is 1. The molecule has 1 aliphatic heterocycles. The zero-order valence-corrected chi connectivity index (χ0v) is 10.3. The van der Waals surface area contributed by atoms with Crippen LogP contribution in [0.25, 0.3) is 0 Å². The molecule has 2 nitrogen and oxygen atoms in total. The second-order valence-electron chi connectivity index (χ2n) is 3.89. The average molecular weight is 273 g/mol. The maximum absolute atomic E-state index is 13.1. The van der Waals surface area contributed by atoms with Gasteiger partial charge in [-0.1, -0.05) is 0 Å². The Kier molecular flexibility index (Phi) is 3.26. The van der Waals surface area contributed by atoms with Crippen molar-refractivity contribution in [1.82, 2.24) is 4.90 Å². The molecule has 1 aromatic carbocycles. The Balaban J connectivity index is 2.12. The third-order valence-corrected chi connectivity index (χ3v) is 3.38. The van der Waals surface area contributed by atoms with Gasteiger partial charge in [0.15, 0.2) is 0 Å². The van der Waals surface area contributed by atoms with Gasteiger partial charge >= 0.3 is 0 Å². The van der Waals surface area contributed by atoms with Gasteiger partial charge in [0.2, 0.25) is 0 Å². The van der Waals surface area contributed by atoms with Crippen molar-refractivity contribution in [1.29, 1.82) is 0 Å². The van der Waals surface area contributed by atoms with Crippen LogP contribution < -0.4 is 4.90 Å². The Morgan fingerprint density at radius 2 is 1.87 bits per heavy atom. The zero-order chi connectivity index (χ0) is 10.8. The Morgan fingerprint density at radius 3 is 2.47 bits per heavy atom. The fourth-order valence-electron chi connectivity index (χ4n) is 1.75. The summed E-state index contributed by atoms with van der Waals surface area (Å²) in [6, 6.07) is 5.20. The van der Waals surface area contributed by atoms with Gasteiger partial charge in [0.05, 0.1) is 4.47 Å². The monoisotopic (exact) mass is 272 g/mol. The molecule has 4 heteroatoms. The summed E-state index contributed by atoms with van der Waals surface area (Å²) in [7, 11) is 2.12. The Bertz CT molecular complexity index is 348. The van der Waals surface area contributed by atoms with Gasteiger partial charge in [0.25, 0.3) is 0 Å². The van der Waals surface area contributed by atoms with Gasteiger partial charge in [0, 0.05) is 31.9 Å². The summed E-state index contributed by atoms with van der Waals surface area (Å²) in [6.45, 7) is 4.15. The highest BCUT2D eigenvalue weighted by atomic mass is 79.9. The number of hydrogen-bond acceptors (Lipinski definition) is 2. The van der Waals surface area contributed by atoms with Crippen molar-refractivity contribution in [3.8, 4) is 0 Å². The molecule has 1 aromatic rings. The predicted octanol–water partition coefficient (Wildman–Crippen LogP) is 2.34. The molecule has 15 heavy (non-hydrogen) atoms. The normalized spacial score (nSPS) is 18.2. The predicted molar refractivity (Wildman–Crippen MR) is 63.8 cm³/mol. The summed E-state index contributed by atoms with van der Waals surface area (Å²) in [5, 5.41) is 0. The number of hydrogen-bond donors (Lipinski definition) is 0. The summed E-state index contributed by atoms with van der Waals surface area (Å²) in [5.41, 5.74) is 1.09. The largest absolute Gasteiger partial charge is 0.369 e. The minimum Gasteiger partial charge on any atom is -0.369 e. The van der Waals surface area contributed by atoms with Crippen LogP contribution in [0.5, 0.6) is 0 Å². The molecule has 0 bridgehead atoms. The minimum absolute atomic E-state index is 0.201. The van der Waals surface area contributed by atoms with E-state index in [-0.39, 0.29) is 5.82 Å². The highest BCUT2D eigenvalue weighted by molar-refractivity contribution is 9.10. The molecular formula is C11H14BrFN2. The second kappa shape index (κ2) is 4.49. The van der Waals surface area contributed by atoms with Crippen LogP contribution in [0.1, 0.15) is 0 Å². The molecule has 0 aliphatic carbocycles. The van der Waals surface area contributed by atoms with E-state index in [0.29, 0.717) is 4.47 Å². The minimum atomic E-state index is -0.201. The van der Waals surface area contributed by atoms with Gasteiger partial charge < -0.3 is 9.80 Å². The topological polar surface area (TPSA) is 6.48 Å². The molecule has 0 spiro atoms. The van der Waals surface area contributed by atoms with Crippen LogP contribution in [0.3, 0.4) is 0 Å². The first-order chi connectivity index (χ1) is 7.16. The Morgan fingerprint density at radius 1 is 1.20 bits per heavy atom. The Labute approximate surface area is 97.8 Å². The maximum Gasteiger partial charge on any atom is 0.137 e. The van der Waals surface area contributed by atoms with Gasteiger partial charge in [-0.25, -0.2) is 4.39 Å². The zero-order valence-electron chi connectivity index (χ0n) is 8.71. The highest BCUT2D eigenvalue weighted by Gasteiger charge is 2.14. The SMILES string of the molecule is CN1CCN(c2ccc(F)c(Br)c2)CC1. The van der Waals surface area contributed by atoms with Crippen molar-refractivity contribution in [2.45, 2.75) is 0 Å². The molecule has 1 heterocycles. The van der Waals surface area contributed by atoms with Crippen LogP contribution in [-0.4, -0.2) is 38.1 Å². The van der Waals surface area contributed by atoms with E-state index in [2.05, 4.69) is 32.8 Å². The van der Waals surface area contributed by atoms with E-state index in [1.165, 1.54) is 6.07 Å². The number of rotatable bonds is 1. The molecule has 0 atom stereocenters. The van der Waals surface area contributed by atoms with E-state index in [0.717, 1.165) is 31.9 Å². The number of piperazine rings is 1. The molecule has 0 N–H and O–H groups in total. The fraction of sp³-hybridized carbons (Fsp3) is 0.455. The molecule has 1 aliphatic rings. The van der Waals surface area contributed by atoms with Crippen LogP contribution >= 0.6 is 15.9 Å². The molecule has 0 saturated carbocycles. The van der Waals surface area contributed by atoms with Crippen LogP contribution in [0.4, 0.5) is 10.1 Å². The lowest BCUT2D eigenvalue weighted by Gasteiger charge is -2.34. The van der Waals surface area contributed by atoms with E-state index >= 15 is 0 Å². The number of halogens is 2. The lowest BCUT2D eigenvalue weighted by atomic mass is 10.2. The number of anilines is 1. The van der Waals surface area contributed by atoms with Crippen LogP contribution in [0.15, 0.2) is 22.7 Å². The standard InChI is InChI=1S/C11H14BrFN2/c1-14-4-6-15(7-5-14)9-2-3-11(13)10(12)8-9/h2-3,8H,4-7H2,1H3. The first-order valence-corrected chi connectivity index (χ1v) is 5.84. The summed E-state index contributed by atoms with van der Waals surface area (Å²) < 4.78 is 13.6. The first-order valence-electron chi connectivity index (χ1n) is 5.05. The third-order valence-electron chi connectivity index (χ3n) is 2.77. The van der Waals surface area contributed by atoms with Crippen molar-refractivity contribution in [2.24, 2.45) is 0 Å². The van der Waals surface area contributed by atoms with Crippen LogP contribution in [0.2, 0.25) is 0 Å². The van der Waals surface area contributed by atoms with E-state index in [4.69, 9.17) is 0 Å². The fourth-order valence-corrected chi connectivity index (χ4v) is 2.11. The smallest absolute Gasteiger partial charge is 0.137 e. The first kappa shape index (κ1) is 10.9. The average Bonchev–Trinajstić information content (AvgIpc) is 2.23. The summed E-state index contributed by atoms with van der Waals surface area (Å²) >= 11 is 3.21. The molecule has 0 aromatic heterocycles. The van der Waals surface area contributed by atoms with E-state index < -0.39 is 0 Å². The molecule has 2 rings (SSSR count). The van der Waals surface area contributed by atoms with Crippen molar-refractivity contribution >= 4 is 21.6 Å². The molecule has 1 saturated heterocycles. The highest BCUT2D eigenvalue weighted by Crippen LogP contribution is 2.23. The second-order valence-corrected chi connectivity index (χ2v) is 4.74. The molecule has 0 unspecified atom stereocenters. The molecule has 82 valence electrons. The number of benzene rings is 1. The van der Waals surface area contributed by atoms with Crippen molar-refractivity contribution in [3.05, 3.63) is 28.5 Å². The van der Waals surface area contributed by atoms with Crippen molar-refractivity contribution in [2.75, 3.05) is 38.1 Å². The van der Waals surface area contributed by atoms with Gasteiger partial charge in [-0.3, -0.25) is 0 Å². The molecular weight excluding hydrogens is 259 g/mol. The van der Waals surface area contributed by atoms with Gasteiger partial charge in [0.1, 0.15) is 5.82 Å². The summed E-state index contributed by atoms with van der Waals surface area (Å²) in [4.78, 5) is 4.58. The molecule has 1 fully saturated rings.